The van der Waals surface area contributed by atoms with Crippen molar-refractivity contribution in [1.82, 2.24) is 25.7 Å². The zero-order chi connectivity index (χ0) is 21.7. The fraction of sp³-hybridized carbons (Fsp3) is 0.292. The molecule has 0 saturated carbocycles. The van der Waals surface area contributed by atoms with Crippen molar-refractivity contribution < 1.29 is 4.79 Å². The molecule has 0 saturated heterocycles. The predicted octanol–water partition coefficient (Wildman–Crippen LogP) is 2.95. The molecule has 7 nitrogen and oxygen atoms in total. The third kappa shape index (κ3) is 8.70. The van der Waals surface area contributed by atoms with Crippen molar-refractivity contribution in [3.63, 3.8) is 0 Å². The number of carbonyl (C=O) groups is 1. The molecule has 2 aromatic carbocycles. The molecule has 0 radical (unpaired) electrons. The number of aromatic nitrogens is 2. The van der Waals surface area contributed by atoms with Crippen LogP contribution in [0.3, 0.4) is 0 Å². The maximum Gasteiger partial charge on any atom is 0.241 e. The van der Waals surface area contributed by atoms with E-state index >= 15 is 0 Å². The molecule has 8 heteroatoms. The van der Waals surface area contributed by atoms with Crippen LogP contribution in [0.2, 0.25) is 0 Å². The van der Waals surface area contributed by atoms with Crippen LogP contribution in [-0.2, 0) is 17.6 Å². The number of nitrogens with zero attached hydrogens (tertiary/aromatic N) is 3. The first-order chi connectivity index (χ1) is 15.2. The van der Waals surface area contributed by atoms with Crippen molar-refractivity contribution in [2.24, 2.45) is 4.99 Å². The van der Waals surface area contributed by atoms with Crippen LogP contribution >= 0.6 is 24.0 Å². The third-order valence-corrected chi connectivity index (χ3v) is 4.72. The minimum absolute atomic E-state index is 0. The number of carbonyl (C=O) groups excluding carboxylic acids is 1. The van der Waals surface area contributed by atoms with Crippen molar-refractivity contribution in [3.8, 4) is 5.69 Å². The lowest BCUT2D eigenvalue weighted by atomic mass is 10.1. The lowest BCUT2D eigenvalue weighted by Crippen LogP contribution is -2.39. The molecule has 0 aliphatic heterocycles. The molecule has 3 aromatic rings. The number of aliphatic imine (C=N–C) groups is 1. The smallest absolute Gasteiger partial charge is 0.241 e. The van der Waals surface area contributed by atoms with Crippen LogP contribution in [0.5, 0.6) is 0 Å². The number of hydrogen-bond donors (Lipinski definition) is 3. The lowest BCUT2D eigenvalue weighted by molar-refractivity contribution is -0.119. The largest absolute Gasteiger partial charge is 0.357 e. The summed E-state index contributed by atoms with van der Waals surface area (Å²) in [4.78, 5) is 16.5. The summed E-state index contributed by atoms with van der Waals surface area (Å²) in [5.74, 6) is 0.566. The van der Waals surface area contributed by atoms with Gasteiger partial charge in [-0.05, 0) is 49.1 Å². The first kappa shape index (κ1) is 25.4. The van der Waals surface area contributed by atoms with Gasteiger partial charge in [0.05, 0.1) is 5.69 Å². The molecule has 1 heterocycles. The highest BCUT2D eigenvalue weighted by Crippen LogP contribution is 2.08. The Hall–Kier alpha value is -2.88. The second-order valence-electron chi connectivity index (χ2n) is 7.07. The van der Waals surface area contributed by atoms with Gasteiger partial charge in [-0.25, -0.2) is 9.67 Å². The summed E-state index contributed by atoms with van der Waals surface area (Å²) in [5, 5.41) is 13.6. The molecule has 0 spiro atoms. The Bertz CT molecular complexity index is 942. The highest BCUT2D eigenvalue weighted by molar-refractivity contribution is 14.0. The average Bonchev–Trinajstić information content (AvgIpc) is 3.34. The molecule has 0 bridgehead atoms. The SMILES string of the molecule is CCNC(=NCC(=O)NCCc1ccccc1)NCCc1ccc(-n2cccn2)cc1.I. The highest BCUT2D eigenvalue weighted by atomic mass is 127. The third-order valence-electron chi connectivity index (χ3n) is 4.72. The van der Waals surface area contributed by atoms with Gasteiger partial charge in [-0.2, -0.15) is 5.10 Å². The molecule has 0 fully saturated rings. The van der Waals surface area contributed by atoms with E-state index in [2.05, 4.69) is 62.4 Å². The van der Waals surface area contributed by atoms with Crippen LogP contribution < -0.4 is 16.0 Å². The second kappa shape index (κ2) is 14.2. The van der Waals surface area contributed by atoms with Crippen LogP contribution in [0, 0.1) is 0 Å². The Balaban J connectivity index is 0.00000363. The predicted molar refractivity (Wildman–Crippen MR) is 140 cm³/mol. The molecule has 0 atom stereocenters. The molecular formula is C24H31IN6O. The van der Waals surface area contributed by atoms with Crippen molar-refractivity contribution in [2.75, 3.05) is 26.2 Å². The number of guanidine groups is 1. The van der Waals surface area contributed by atoms with Gasteiger partial charge in [-0.3, -0.25) is 4.79 Å². The summed E-state index contributed by atoms with van der Waals surface area (Å²) in [6, 6.07) is 20.3. The summed E-state index contributed by atoms with van der Waals surface area (Å²) in [7, 11) is 0. The second-order valence-corrected chi connectivity index (χ2v) is 7.07. The Labute approximate surface area is 206 Å². The molecule has 0 unspecified atom stereocenters. The number of rotatable bonds is 10. The van der Waals surface area contributed by atoms with Gasteiger partial charge < -0.3 is 16.0 Å². The number of benzene rings is 2. The Morgan fingerprint density at radius 1 is 0.906 bits per heavy atom. The first-order valence-corrected chi connectivity index (χ1v) is 10.7. The zero-order valence-electron chi connectivity index (χ0n) is 18.3. The normalized spacial score (nSPS) is 10.8. The average molecular weight is 546 g/mol. The minimum Gasteiger partial charge on any atom is -0.357 e. The molecule has 3 rings (SSSR count). The van der Waals surface area contributed by atoms with Gasteiger partial charge in [0.15, 0.2) is 5.96 Å². The number of amides is 1. The summed E-state index contributed by atoms with van der Waals surface area (Å²) in [5.41, 5.74) is 3.46. The van der Waals surface area contributed by atoms with Gasteiger partial charge in [0, 0.05) is 32.0 Å². The van der Waals surface area contributed by atoms with Crippen molar-refractivity contribution in [2.45, 2.75) is 19.8 Å². The van der Waals surface area contributed by atoms with Crippen LogP contribution in [0.25, 0.3) is 5.69 Å². The molecule has 1 aromatic heterocycles. The topological polar surface area (TPSA) is 83.3 Å². The van der Waals surface area contributed by atoms with E-state index in [1.807, 2.05) is 42.1 Å². The first-order valence-electron chi connectivity index (χ1n) is 10.7. The standard InChI is InChI=1S/C24H30N6O.HI/c1-2-25-24(28-19-23(31)26-16-13-20-7-4-3-5-8-20)27-17-14-21-9-11-22(12-10-21)30-18-6-15-29-30;/h3-12,15,18H,2,13-14,16-17,19H2,1H3,(H,26,31)(H2,25,27,28);1H. The fourth-order valence-electron chi connectivity index (χ4n) is 3.10. The van der Waals surface area contributed by atoms with E-state index in [-0.39, 0.29) is 36.4 Å². The summed E-state index contributed by atoms with van der Waals surface area (Å²) in [6.45, 7) is 4.17. The lowest BCUT2D eigenvalue weighted by Gasteiger charge is -2.12. The van der Waals surface area contributed by atoms with E-state index in [0.29, 0.717) is 12.5 Å². The molecule has 3 N–H and O–H groups in total. The van der Waals surface area contributed by atoms with E-state index < -0.39 is 0 Å². The van der Waals surface area contributed by atoms with Gasteiger partial charge in [-0.15, -0.1) is 24.0 Å². The summed E-state index contributed by atoms with van der Waals surface area (Å²) >= 11 is 0. The van der Waals surface area contributed by atoms with Crippen molar-refractivity contribution >= 4 is 35.8 Å². The molecule has 0 aliphatic carbocycles. The van der Waals surface area contributed by atoms with E-state index in [4.69, 9.17) is 0 Å². The Kier molecular flexibility index (Phi) is 11.3. The van der Waals surface area contributed by atoms with E-state index in [1.54, 1.807) is 6.20 Å². The molecule has 1 amide bonds. The fourth-order valence-corrected chi connectivity index (χ4v) is 3.10. The van der Waals surface area contributed by atoms with Gasteiger partial charge in [-0.1, -0.05) is 42.5 Å². The highest BCUT2D eigenvalue weighted by Gasteiger charge is 2.03. The quantitative estimate of drug-likeness (QED) is 0.208. The summed E-state index contributed by atoms with van der Waals surface area (Å²) < 4.78 is 1.84. The van der Waals surface area contributed by atoms with E-state index in [0.717, 1.165) is 31.6 Å². The number of nitrogens with one attached hydrogen (secondary N) is 3. The van der Waals surface area contributed by atoms with Gasteiger partial charge in [0.25, 0.3) is 0 Å². The minimum atomic E-state index is -0.0812. The maximum absolute atomic E-state index is 12.1. The van der Waals surface area contributed by atoms with Crippen molar-refractivity contribution in [3.05, 3.63) is 84.2 Å². The Morgan fingerprint density at radius 2 is 1.59 bits per heavy atom. The van der Waals surface area contributed by atoms with E-state index in [1.165, 1.54) is 11.1 Å². The molecular weight excluding hydrogens is 515 g/mol. The zero-order valence-corrected chi connectivity index (χ0v) is 20.7. The van der Waals surface area contributed by atoms with Crippen LogP contribution in [-0.4, -0.2) is 47.8 Å². The maximum atomic E-state index is 12.1. The summed E-state index contributed by atoms with van der Waals surface area (Å²) in [6.07, 6.45) is 5.36. The Morgan fingerprint density at radius 3 is 2.25 bits per heavy atom. The molecule has 32 heavy (non-hydrogen) atoms. The number of hydrogen-bond acceptors (Lipinski definition) is 3. The van der Waals surface area contributed by atoms with E-state index in [9.17, 15) is 4.79 Å². The van der Waals surface area contributed by atoms with Gasteiger partial charge in [0.2, 0.25) is 5.91 Å². The van der Waals surface area contributed by atoms with Gasteiger partial charge in [0.1, 0.15) is 6.54 Å². The molecule has 0 aliphatic rings. The number of halogens is 1. The van der Waals surface area contributed by atoms with Crippen LogP contribution in [0.15, 0.2) is 78.0 Å². The van der Waals surface area contributed by atoms with Crippen molar-refractivity contribution in [1.29, 1.82) is 0 Å². The molecule has 170 valence electrons. The van der Waals surface area contributed by atoms with Gasteiger partial charge >= 0.3 is 0 Å². The van der Waals surface area contributed by atoms with Crippen LogP contribution in [0.1, 0.15) is 18.1 Å². The van der Waals surface area contributed by atoms with Crippen LogP contribution in [0.4, 0.5) is 0 Å². The monoisotopic (exact) mass is 546 g/mol.